The highest BCUT2D eigenvalue weighted by atomic mass is 79.9. The Morgan fingerprint density at radius 2 is 2.15 bits per heavy atom. The Balaban J connectivity index is 2.33. The number of carbonyl (C=O) groups is 1. The molecule has 1 aromatic heterocycles. The Labute approximate surface area is 131 Å². The van der Waals surface area contributed by atoms with Gasteiger partial charge in [-0.2, -0.15) is 0 Å². The van der Waals surface area contributed by atoms with Crippen molar-refractivity contribution in [1.29, 1.82) is 0 Å². The lowest BCUT2D eigenvalue weighted by Gasteiger charge is -2.25. The maximum Gasteiger partial charge on any atom is 0.263 e. The number of thiophene rings is 1. The van der Waals surface area contributed by atoms with Gasteiger partial charge in [-0.3, -0.25) is 4.79 Å². The number of hydrogen-bond acceptors (Lipinski definition) is 3. The van der Waals surface area contributed by atoms with E-state index in [9.17, 15) is 4.79 Å². The van der Waals surface area contributed by atoms with Crippen LogP contribution in [0.5, 0.6) is 0 Å². The van der Waals surface area contributed by atoms with Gasteiger partial charge in [-0.15, -0.1) is 11.3 Å². The van der Waals surface area contributed by atoms with Crippen molar-refractivity contribution in [1.82, 2.24) is 5.32 Å². The molecule has 1 heterocycles. The van der Waals surface area contributed by atoms with E-state index in [1.165, 1.54) is 11.3 Å². The summed E-state index contributed by atoms with van der Waals surface area (Å²) in [6.45, 7) is 6.18. The van der Waals surface area contributed by atoms with Gasteiger partial charge in [-0.25, -0.2) is 0 Å². The highest BCUT2D eigenvalue weighted by Crippen LogP contribution is 2.35. The first kappa shape index (κ1) is 15.3. The first-order valence-corrected chi connectivity index (χ1v) is 8.25. The zero-order valence-electron chi connectivity index (χ0n) is 11.9. The molecule has 3 N–H and O–H groups in total. The van der Waals surface area contributed by atoms with Gasteiger partial charge in [0.25, 0.3) is 5.91 Å². The number of hydrogen-bond donors (Lipinski definition) is 2. The van der Waals surface area contributed by atoms with Crippen molar-refractivity contribution >= 4 is 48.9 Å². The van der Waals surface area contributed by atoms with Gasteiger partial charge in [0.15, 0.2) is 0 Å². The largest absolute Gasteiger partial charge is 0.397 e. The van der Waals surface area contributed by atoms with Crippen LogP contribution in [0.1, 0.15) is 43.3 Å². The molecule has 0 radical (unpaired) electrons. The molecule has 0 unspecified atom stereocenters. The highest BCUT2D eigenvalue weighted by Gasteiger charge is 2.23. The average Bonchev–Trinajstić information content (AvgIpc) is 2.65. The molecule has 1 aromatic carbocycles. The van der Waals surface area contributed by atoms with Crippen molar-refractivity contribution in [3.05, 3.63) is 27.5 Å². The molecule has 5 heteroatoms. The predicted octanol–water partition coefficient (Wildman–Crippen LogP) is 4.55. The van der Waals surface area contributed by atoms with E-state index < -0.39 is 0 Å². The summed E-state index contributed by atoms with van der Waals surface area (Å²) in [7, 11) is 0. The van der Waals surface area contributed by atoms with E-state index in [0.29, 0.717) is 10.6 Å². The Morgan fingerprint density at radius 1 is 1.45 bits per heavy atom. The second-order valence-electron chi connectivity index (χ2n) is 5.57. The number of rotatable bonds is 4. The van der Waals surface area contributed by atoms with Crippen molar-refractivity contribution in [2.24, 2.45) is 0 Å². The Kier molecular flexibility index (Phi) is 4.39. The van der Waals surface area contributed by atoms with Gasteiger partial charge in [-0.05, 0) is 32.4 Å². The number of amides is 1. The standard InChI is InChI=1S/C15H19BrN2OS/c1-4-7-15(2,3)18-14(19)13-12(17)10-6-5-9(16)8-11(10)20-13/h5-6,8H,4,7,17H2,1-3H3,(H,18,19). The third kappa shape index (κ3) is 3.15. The van der Waals surface area contributed by atoms with Crippen molar-refractivity contribution in [2.75, 3.05) is 5.73 Å². The first-order valence-electron chi connectivity index (χ1n) is 6.64. The van der Waals surface area contributed by atoms with Crippen LogP contribution in [0, 0.1) is 0 Å². The molecule has 2 rings (SSSR count). The maximum absolute atomic E-state index is 12.4. The Morgan fingerprint density at radius 3 is 2.80 bits per heavy atom. The van der Waals surface area contributed by atoms with Crippen LogP contribution in [-0.2, 0) is 0 Å². The summed E-state index contributed by atoms with van der Waals surface area (Å²) in [5.41, 5.74) is 6.48. The molecule has 0 spiro atoms. The van der Waals surface area contributed by atoms with E-state index in [0.717, 1.165) is 27.4 Å². The number of halogens is 1. The van der Waals surface area contributed by atoms with Crippen LogP contribution >= 0.6 is 27.3 Å². The van der Waals surface area contributed by atoms with E-state index in [2.05, 4.69) is 28.2 Å². The van der Waals surface area contributed by atoms with E-state index in [-0.39, 0.29) is 11.4 Å². The molecule has 0 saturated carbocycles. The van der Waals surface area contributed by atoms with Crippen LogP contribution in [-0.4, -0.2) is 11.4 Å². The minimum Gasteiger partial charge on any atom is -0.397 e. The van der Waals surface area contributed by atoms with Gasteiger partial charge in [0, 0.05) is 20.1 Å². The summed E-state index contributed by atoms with van der Waals surface area (Å²) in [5, 5.41) is 4.01. The number of nitrogens with one attached hydrogen (secondary N) is 1. The number of benzene rings is 1. The van der Waals surface area contributed by atoms with E-state index in [1.807, 2.05) is 32.0 Å². The van der Waals surface area contributed by atoms with Crippen LogP contribution in [0.4, 0.5) is 5.69 Å². The van der Waals surface area contributed by atoms with Crippen molar-refractivity contribution in [2.45, 2.75) is 39.2 Å². The quantitative estimate of drug-likeness (QED) is 0.845. The lowest BCUT2D eigenvalue weighted by molar-refractivity contribution is 0.0914. The lowest BCUT2D eigenvalue weighted by Crippen LogP contribution is -2.43. The summed E-state index contributed by atoms with van der Waals surface area (Å²) in [4.78, 5) is 13.0. The molecule has 0 fully saturated rings. The molecule has 2 aromatic rings. The van der Waals surface area contributed by atoms with Crippen molar-refractivity contribution < 1.29 is 4.79 Å². The van der Waals surface area contributed by atoms with Gasteiger partial charge in [-0.1, -0.05) is 35.3 Å². The first-order chi connectivity index (χ1) is 9.34. The zero-order chi connectivity index (χ0) is 14.9. The monoisotopic (exact) mass is 354 g/mol. The summed E-state index contributed by atoms with van der Waals surface area (Å²) in [5.74, 6) is -0.0849. The van der Waals surface area contributed by atoms with Gasteiger partial charge < -0.3 is 11.1 Å². The van der Waals surface area contributed by atoms with Crippen LogP contribution in [0.25, 0.3) is 10.1 Å². The van der Waals surface area contributed by atoms with Gasteiger partial charge in [0.05, 0.1) is 5.69 Å². The van der Waals surface area contributed by atoms with E-state index in [1.54, 1.807) is 0 Å². The summed E-state index contributed by atoms with van der Waals surface area (Å²) < 4.78 is 2.01. The normalized spacial score (nSPS) is 11.8. The minimum absolute atomic E-state index is 0.0849. The fourth-order valence-electron chi connectivity index (χ4n) is 2.31. The van der Waals surface area contributed by atoms with Gasteiger partial charge in [0.2, 0.25) is 0 Å². The Hall–Kier alpha value is -1.07. The number of nitrogens with two attached hydrogens (primary N) is 1. The molecular formula is C15H19BrN2OS. The van der Waals surface area contributed by atoms with E-state index in [4.69, 9.17) is 5.73 Å². The molecule has 0 bridgehead atoms. The van der Waals surface area contributed by atoms with Crippen LogP contribution in [0.2, 0.25) is 0 Å². The predicted molar refractivity (Wildman–Crippen MR) is 90.4 cm³/mol. The third-order valence-electron chi connectivity index (χ3n) is 3.22. The second-order valence-corrected chi connectivity index (χ2v) is 7.54. The number of fused-ring (bicyclic) bond motifs is 1. The number of anilines is 1. The molecule has 3 nitrogen and oxygen atoms in total. The number of carbonyl (C=O) groups excluding carboxylic acids is 1. The zero-order valence-corrected chi connectivity index (χ0v) is 14.3. The SMILES string of the molecule is CCCC(C)(C)NC(=O)c1sc2cc(Br)ccc2c1N. The molecule has 1 amide bonds. The molecule has 20 heavy (non-hydrogen) atoms. The topological polar surface area (TPSA) is 55.1 Å². The highest BCUT2D eigenvalue weighted by molar-refractivity contribution is 9.10. The smallest absolute Gasteiger partial charge is 0.263 e. The minimum atomic E-state index is -0.213. The third-order valence-corrected chi connectivity index (χ3v) is 4.88. The van der Waals surface area contributed by atoms with E-state index >= 15 is 0 Å². The molecule has 0 aliphatic carbocycles. The lowest BCUT2D eigenvalue weighted by atomic mass is 9.99. The maximum atomic E-state index is 12.4. The molecule has 0 saturated heterocycles. The van der Waals surface area contributed by atoms with Crippen molar-refractivity contribution in [3.8, 4) is 0 Å². The van der Waals surface area contributed by atoms with Gasteiger partial charge >= 0.3 is 0 Å². The van der Waals surface area contributed by atoms with Crippen LogP contribution in [0.15, 0.2) is 22.7 Å². The molecule has 0 aliphatic rings. The molecule has 108 valence electrons. The average molecular weight is 355 g/mol. The van der Waals surface area contributed by atoms with Gasteiger partial charge in [0.1, 0.15) is 4.88 Å². The van der Waals surface area contributed by atoms with Crippen LogP contribution < -0.4 is 11.1 Å². The van der Waals surface area contributed by atoms with Crippen molar-refractivity contribution in [3.63, 3.8) is 0 Å². The van der Waals surface area contributed by atoms with Crippen LogP contribution in [0.3, 0.4) is 0 Å². The second kappa shape index (κ2) is 5.74. The fraction of sp³-hybridized carbons (Fsp3) is 0.400. The summed E-state index contributed by atoms with van der Waals surface area (Å²) in [6.07, 6.45) is 1.97. The Bertz CT molecular complexity index is 649. The molecular weight excluding hydrogens is 336 g/mol. The summed E-state index contributed by atoms with van der Waals surface area (Å²) in [6, 6.07) is 5.87. The fourth-order valence-corrected chi connectivity index (χ4v) is 3.88. The summed E-state index contributed by atoms with van der Waals surface area (Å²) >= 11 is 4.88. The number of nitrogen functional groups attached to an aromatic ring is 1. The molecule has 0 aliphatic heterocycles. The molecule has 0 atom stereocenters.